The number of carbonyl (C=O) groups is 2. The summed E-state index contributed by atoms with van der Waals surface area (Å²) in [6.07, 6.45) is -2.71. The van der Waals surface area contributed by atoms with Gasteiger partial charge in [0, 0.05) is 17.8 Å². The molecular weight excluding hydrogens is 404 g/mol. The third kappa shape index (κ3) is 3.97. The van der Waals surface area contributed by atoms with Gasteiger partial charge < -0.3 is 20.3 Å². The van der Waals surface area contributed by atoms with Crippen molar-refractivity contribution >= 4 is 23.7 Å². The topological polar surface area (TPSA) is 109 Å². The summed E-state index contributed by atoms with van der Waals surface area (Å²) in [6.45, 7) is -0.0565. The van der Waals surface area contributed by atoms with Crippen molar-refractivity contribution in [2.24, 2.45) is 0 Å². The number of hydrogen-bond donors (Lipinski definition) is 3. The van der Waals surface area contributed by atoms with Crippen LogP contribution in [0, 0.1) is 0 Å². The molecule has 2 unspecified atom stereocenters. The van der Waals surface area contributed by atoms with Crippen LogP contribution in [-0.2, 0) is 4.74 Å². The number of rotatable bonds is 7. The minimum atomic E-state index is -1.32. The SMILES string of the molecule is O=Cc1nc(C(O)C(O)CNC(=O)OCC2c3ccccc3-c3ccccc32)cs1. The van der Waals surface area contributed by atoms with E-state index in [1.807, 2.05) is 36.4 Å². The Morgan fingerprint density at radius 3 is 2.37 bits per heavy atom. The molecule has 3 aromatic rings. The fourth-order valence-corrected chi connectivity index (χ4v) is 4.28. The van der Waals surface area contributed by atoms with Crippen molar-refractivity contribution in [1.29, 1.82) is 0 Å². The van der Waals surface area contributed by atoms with Crippen molar-refractivity contribution in [2.45, 2.75) is 18.1 Å². The van der Waals surface area contributed by atoms with E-state index in [1.54, 1.807) is 0 Å². The van der Waals surface area contributed by atoms with Crippen LogP contribution in [0.25, 0.3) is 11.1 Å². The molecular formula is C22H20N2O5S. The lowest BCUT2D eigenvalue weighted by Crippen LogP contribution is -2.36. The van der Waals surface area contributed by atoms with Crippen LogP contribution in [0.2, 0.25) is 0 Å². The molecule has 2 aromatic carbocycles. The van der Waals surface area contributed by atoms with Gasteiger partial charge in [-0.05, 0) is 22.3 Å². The first-order valence-electron chi connectivity index (χ1n) is 9.44. The van der Waals surface area contributed by atoms with E-state index >= 15 is 0 Å². The molecule has 0 bridgehead atoms. The van der Waals surface area contributed by atoms with E-state index in [4.69, 9.17) is 4.74 Å². The third-order valence-electron chi connectivity index (χ3n) is 5.11. The van der Waals surface area contributed by atoms with E-state index in [9.17, 15) is 19.8 Å². The lowest BCUT2D eigenvalue weighted by atomic mass is 9.98. The number of thiazole rings is 1. The van der Waals surface area contributed by atoms with E-state index in [1.165, 1.54) is 5.38 Å². The average molecular weight is 424 g/mol. The monoisotopic (exact) mass is 424 g/mol. The second-order valence-corrected chi connectivity index (χ2v) is 7.84. The number of nitrogens with zero attached hydrogens (tertiary/aromatic N) is 1. The summed E-state index contributed by atoms with van der Waals surface area (Å²) in [4.78, 5) is 26.7. The molecule has 1 aliphatic rings. The van der Waals surface area contributed by atoms with Gasteiger partial charge in [-0.25, -0.2) is 9.78 Å². The summed E-state index contributed by atoms with van der Waals surface area (Å²) in [5, 5.41) is 24.4. The molecule has 30 heavy (non-hydrogen) atoms. The molecule has 2 atom stereocenters. The number of aliphatic hydroxyl groups is 2. The smallest absolute Gasteiger partial charge is 0.407 e. The van der Waals surface area contributed by atoms with E-state index in [0.717, 1.165) is 33.6 Å². The van der Waals surface area contributed by atoms with Gasteiger partial charge in [-0.2, -0.15) is 0 Å². The van der Waals surface area contributed by atoms with Crippen molar-refractivity contribution in [3.8, 4) is 11.1 Å². The van der Waals surface area contributed by atoms with E-state index in [-0.39, 0.29) is 29.8 Å². The molecule has 0 fully saturated rings. The molecule has 7 nitrogen and oxygen atoms in total. The molecule has 8 heteroatoms. The maximum atomic E-state index is 12.2. The van der Waals surface area contributed by atoms with E-state index in [0.29, 0.717) is 6.29 Å². The Labute approximate surface area is 177 Å². The Morgan fingerprint density at radius 1 is 1.13 bits per heavy atom. The molecule has 1 aliphatic carbocycles. The largest absolute Gasteiger partial charge is 0.449 e. The van der Waals surface area contributed by atoms with Crippen LogP contribution in [0.1, 0.15) is 38.6 Å². The second-order valence-electron chi connectivity index (χ2n) is 6.95. The predicted molar refractivity (Wildman–Crippen MR) is 112 cm³/mol. The van der Waals surface area contributed by atoms with Crippen LogP contribution >= 0.6 is 11.3 Å². The van der Waals surface area contributed by atoms with Crippen molar-refractivity contribution < 1.29 is 24.5 Å². The average Bonchev–Trinajstić information content (AvgIpc) is 3.38. The quantitative estimate of drug-likeness (QED) is 0.503. The van der Waals surface area contributed by atoms with E-state index < -0.39 is 18.3 Å². The van der Waals surface area contributed by atoms with Crippen molar-refractivity contribution in [2.75, 3.05) is 13.2 Å². The summed E-state index contributed by atoms with van der Waals surface area (Å²) in [5.74, 6) is -0.0598. The molecule has 4 rings (SSSR count). The summed E-state index contributed by atoms with van der Waals surface area (Å²) in [6, 6.07) is 16.1. The van der Waals surface area contributed by atoms with Crippen LogP contribution < -0.4 is 5.32 Å². The molecule has 1 aromatic heterocycles. The maximum absolute atomic E-state index is 12.2. The fourth-order valence-electron chi connectivity index (χ4n) is 3.64. The third-order valence-corrected chi connectivity index (χ3v) is 5.90. The summed E-state index contributed by atoms with van der Waals surface area (Å²) < 4.78 is 5.39. The van der Waals surface area contributed by atoms with Gasteiger partial charge >= 0.3 is 6.09 Å². The van der Waals surface area contributed by atoms with Crippen molar-refractivity contribution in [3.63, 3.8) is 0 Å². The molecule has 0 radical (unpaired) electrons. The highest BCUT2D eigenvalue weighted by Crippen LogP contribution is 2.44. The molecule has 154 valence electrons. The second kappa shape index (κ2) is 8.74. The summed E-state index contributed by atoms with van der Waals surface area (Å²) >= 11 is 1.07. The van der Waals surface area contributed by atoms with Gasteiger partial charge in [-0.15, -0.1) is 11.3 Å². The molecule has 0 spiro atoms. The normalized spacial score (nSPS) is 14.5. The lowest BCUT2D eigenvalue weighted by Gasteiger charge is -2.18. The van der Waals surface area contributed by atoms with Crippen LogP contribution in [0.15, 0.2) is 53.9 Å². The molecule has 1 heterocycles. The number of benzene rings is 2. The number of aromatic nitrogens is 1. The molecule has 3 N–H and O–H groups in total. The lowest BCUT2D eigenvalue weighted by molar-refractivity contribution is 0.0164. The fraction of sp³-hybridized carbons (Fsp3) is 0.227. The number of ether oxygens (including phenoxy) is 1. The highest BCUT2D eigenvalue weighted by Gasteiger charge is 2.29. The van der Waals surface area contributed by atoms with Crippen molar-refractivity contribution in [1.82, 2.24) is 10.3 Å². The number of aldehydes is 1. The summed E-state index contributed by atoms with van der Waals surface area (Å²) in [5.41, 5.74) is 4.68. The van der Waals surface area contributed by atoms with Crippen LogP contribution in [0.3, 0.4) is 0 Å². The zero-order valence-electron chi connectivity index (χ0n) is 15.9. The van der Waals surface area contributed by atoms with Gasteiger partial charge in [0.05, 0.1) is 5.69 Å². The zero-order valence-corrected chi connectivity index (χ0v) is 16.7. The Hall–Kier alpha value is -3.07. The van der Waals surface area contributed by atoms with Gasteiger partial charge in [0.1, 0.15) is 18.8 Å². The Bertz CT molecular complexity index is 1020. The Morgan fingerprint density at radius 2 is 1.77 bits per heavy atom. The number of aliphatic hydroxyl groups excluding tert-OH is 2. The molecule has 0 aliphatic heterocycles. The Kier molecular flexibility index (Phi) is 5.89. The Balaban J connectivity index is 1.33. The number of nitrogens with one attached hydrogen (secondary N) is 1. The standard InChI is InChI=1S/C22H20N2O5S/c25-10-20-24-18(12-30-20)21(27)19(26)9-23-22(28)29-11-17-15-7-3-1-5-13(15)14-6-2-4-8-16(14)17/h1-8,10,12,17,19,21,26-27H,9,11H2,(H,23,28). The summed E-state index contributed by atoms with van der Waals surface area (Å²) in [7, 11) is 0. The zero-order chi connectivity index (χ0) is 21.1. The van der Waals surface area contributed by atoms with Gasteiger partial charge in [-0.3, -0.25) is 4.79 Å². The molecule has 1 amide bonds. The van der Waals surface area contributed by atoms with Gasteiger partial charge in [0.25, 0.3) is 0 Å². The van der Waals surface area contributed by atoms with Crippen LogP contribution in [0.4, 0.5) is 4.79 Å². The highest BCUT2D eigenvalue weighted by molar-refractivity contribution is 7.11. The van der Waals surface area contributed by atoms with Crippen LogP contribution in [0.5, 0.6) is 0 Å². The molecule has 0 saturated heterocycles. The number of alkyl carbamates (subject to hydrolysis) is 1. The molecule has 0 saturated carbocycles. The minimum absolute atomic E-state index is 0.0598. The van der Waals surface area contributed by atoms with Crippen molar-refractivity contribution in [3.05, 3.63) is 75.7 Å². The first kappa shape index (κ1) is 20.2. The van der Waals surface area contributed by atoms with Crippen LogP contribution in [-0.4, -0.2) is 46.8 Å². The van der Waals surface area contributed by atoms with Gasteiger partial charge in [0.15, 0.2) is 11.3 Å². The maximum Gasteiger partial charge on any atom is 0.407 e. The van der Waals surface area contributed by atoms with Gasteiger partial charge in [-0.1, -0.05) is 48.5 Å². The first-order chi connectivity index (χ1) is 14.6. The number of fused-ring (bicyclic) bond motifs is 3. The first-order valence-corrected chi connectivity index (χ1v) is 10.3. The number of amides is 1. The minimum Gasteiger partial charge on any atom is -0.449 e. The predicted octanol–water partition coefficient (Wildman–Crippen LogP) is 2.89. The van der Waals surface area contributed by atoms with Gasteiger partial charge in [0.2, 0.25) is 0 Å². The van der Waals surface area contributed by atoms with E-state index in [2.05, 4.69) is 22.4 Å². The number of hydrogen-bond acceptors (Lipinski definition) is 7. The number of carbonyl (C=O) groups excluding carboxylic acids is 2. The highest BCUT2D eigenvalue weighted by atomic mass is 32.1.